The Morgan fingerprint density at radius 3 is 2.70 bits per heavy atom. The number of aryl methyl sites for hydroxylation is 1. The summed E-state index contributed by atoms with van der Waals surface area (Å²) < 4.78 is 5.28. The van der Waals surface area contributed by atoms with E-state index in [9.17, 15) is 9.90 Å². The molecule has 1 aliphatic carbocycles. The number of hydrogen-bond donors (Lipinski definition) is 1. The van der Waals surface area contributed by atoms with E-state index >= 15 is 0 Å². The number of benzene rings is 1. The summed E-state index contributed by atoms with van der Waals surface area (Å²) in [7, 11) is 0. The quantitative estimate of drug-likeness (QED) is 0.908. The number of rotatable bonds is 2. The summed E-state index contributed by atoms with van der Waals surface area (Å²) >= 11 is 0. The van der Waals surface area contributed by atoms with Crippen molar-refractivity contribution in [3.63, 3.8) is 0 Å². The molecule has 1 heterocycles. The Labute approximate surface area is 116 Å². The fraction of sp³-hybridized carbons (Fsp3) is 0.250. The number of aromatic nitrogens is 1. The number of aliphatic hydroxyl groups is 1. The largest absolute Gasteiger partial charge is 0.512 e. The van der Waals surface area contributed by atoms with Crippen LogP contribution in [0.25, 0.3) is 0 Å². The summed E-state index contributed by atoms with van der Waals surface area (Å²) in [5.74, 6) is -0.00394. The molecule has 1 aromatic carbocycles. The van der Waals surface area contributed by atoms with Crippen LogP contribution in [0.2, 0.25) is 0 Å². The first kappa shape index (κ1) is 12.7. The van der Waals surface area contributed by atoms with Gasteiger partial charge in [-0.1, -0.05) is 35.5 Å². The first-order valence-electron chi connectivity index (χ1n) is 6.56. The van der Waals surface area contributed by atoms with E-state index in [4.69, 9.17) is 4.52 Å². The van der Waals surface area contributed by atoms with Crippen molar-refractivity contribution in [3.8, 4) is 0 Å². The van der Waals surface area contributed by atoms with Crippen LogP contribution in [0.4, 0.5) is 0 Å². The lowest BCUT2D eigenvalue weighted by Gasteiger charge is -2.27. The molecule has 2 atom stereocenters. The molecule has 0 amide bonds. The number of aliphatic hydroxyl groups excluding tert-OH is 1. The van der Waals surface area contributed by atoms with Crippen LogP contribution < -0.4 is 0 Å². The van der Waals surface area contributed by atoms with Gasteiger partial charge in [0.15, 0.2) is 5.78 Å². The molecule has 20 heavy (non-hydrogen) atoms. The number of hydrogen-bond acceptors (Lipinski definition) is 4. The number of carbonyl (C=O) groups excluding carboxylic acids is 1. The van der Waals surface area contributed by atoms with Gasteiger partial charge in [-0.3, -0.25) is 4.79 Å². The minimum absolute atomic E-state index is 0.122. The molecule has 3 rings (SSSR count). The van der Waals surface area contributed by atoms with Gasteiger partial charge in [-0.25, -0.2) is 0 Å². The van der Waals surface area contributed by atoms with Crippen LogP contribution in [0.5, 0.6) is 0 Å². The van der Waals surface area contributed by atoms with Crippen LogP contribution in [0.3, 0.4) is 0 Å². The molecule has 4 heteroatoms. The Morgan fingerprint density at radius 2 is 2.05 bits per heavy atom. The van der Waals surface area contributed by atoms with Crippen molar-refractivity contribution in [1.82, 2.24) is 5.16 Å². The highest BCUT2D eigenvalue weighted by Crippen LogP contribution is 2.41. The van der Waals surface area contributed by atoms with Crippen LogP contribution in [0, 0.1) is 6.92 Å². The molecule has 0 spiro atoms. The third kappa shape index (κ3) is 2.25. The highest BCUT2D eigenvalue weighted by molar-refractivity contribution is 5.97. The highest BCUT2D eigenvalue weighted by Gasteiger charge is 2.37. The van der Waals surface area contributed by atoms with E-state index in [-0.39, 0.29) is 17.5 Å². The molecule has 0 saturated carbocycles. The molecule has 0 fully saturated rings. The second kappa shape index (κ2) is 4.96. The Morgan fingerprint density at radius 1 is 1.30 bits per heavy atom. The summed E-state index contributed by atoms with van der Waals surface area (Å²) in [6, 6.07) is 11.5. The maximum Gasteiger partial charge on any atom is 0.170 e. The van der Waals surface area contributed by atoms with Crippen LogP contribution in [0.1, 0.15) is 35.3 Å². The molecule has 0 bridgehead atoms. The van der Waals surface area contributed by atoms with Gasteiger partial charge in [-0.2, -0.15) is 0 Å². The fourth-order valence-corrected chi connectivity index (χ4v) is 2.73. The third-order valence-electron chi connectivity index (χ3n) is 3.63. The molecule has 2 aromatic rings. The minimum atomic E-state index is -0.422. The predicted molar refractivity (Wildman–Crippen MR) is 73.5 cm³/mol. The highest BCUT2D eigenvalue weighted by atomic mass is 16.5. The maximum absolute atomic E-state index is 12.3. The topological polar surface area (TPSA) is 63.3 Å². The Bertz CT molecular complexity index is 657. The van der Waals surface area contributed by atoms with Crippen molar-refractivity contribution in [3.05, 3.63) is 65.3 Å². The van der Waals surface area contributed by atoms with E-state index in [0.717, 1.165) is 11.3 Å². The molecule has 0 aliphatic heterocycles. The average Bonchev–Trinajstić information content (AvgIpc) is 2.85. The first-order valence-corrected chi connectivity index (χ1v) is 6.56. The molecule has 4 nitrogen and oxygen atoms in total. The van der Waals surface area contributed by atoms with Gasteiger partial charge in [0.05, 0.1) is 17.4 Å². The van der Waals surface area contributed by atoms with Crippen molar-refractivity contribution in [2.24, 2.45) is 0 Å². The second-order valence-corrected chi connectivity index (χ2v) is 5.11. The molecule has 1 aromatic heterocycles. The van der Waals surface area contributed by atoms with Gasteiger partial charge in [0.1, 0.15) is 5.76 Å². The lowest BCUT2D eigenvalue weighted by molar-refractivity contribution is -0.117. The third-order valence-corrected chi connectivity index (χ3v) is 3.63. The van der Waals surface area contributed by atoms with E-state index < -0.39 is 5.92 Å². The van der Waals surface area contributed by atoms with E-state index in [2.05, 4.69) is 5.16 Å². The van der Waals surface area contributed by atoms with Crippen LogP contribution in [0.15, 0.2) is 52.8 Å². The zero-order chi connectivity index (χ0) is 14.1. The first-order chi connectivity index (χ1) is 9.65. The van der Waals surface area contributed by atoms with Gasteiger partial charge in [-0.05, 0) is 12.5 Å². The monoisotopic (exact) mass is 269 g/mol. The zero-order valence-corrected chi connectivity index (χ0v) is 11.1. The standard InChI is InChI=1S/C16H15NO3/c1-10-7-15(20-17-10)16-13(8-12(18)9-14(16)19)11-5-3-2-4-6-11/h2-7,9,13,16,18H,8H2,1H3/t13-,16-/m0/s1. The second-order valence-electron chi connectivity index (χ2n) is 5.11. The molecule has 1 N–H and O–H groups in total. The SMILES string of the molecule is Cc1cc([C@@H]2C(=O)C=C(O)C[C@H]2c2ccccc2)on1. The van der Waals surface area contributed by atoms with Gasteiger partial charge in [0, 0.05) is 24.5 Å². The zero-order valence-electron chi connectivity index (χ0n) is 11.1. The van der Waals surface area contributed by atoms with E-state index in [1.165, 1.54) is 6.08 Å². The van der Waals surface area contributed by atoms with Crippen molar-refractivity contribution in [2.45, 2.75) is 25.2 Å². The number of nitrogens with zero attached hydrogens (tertiary/aromatic N) is 1. The smallest absolute Gasteiger partial charge is 0.170 e. The maximum atomic E-state index is 12.3. The van der Waals surface area contributed by atoms with E-state index in [1.807, 2.05) is 37.3 Å². The van der Waals surface area contributed by atoms with Crippen molar-refractivity contribution < 1.29 is 14.4 Å². The van der Waals surface area contributed by atoms with Crippen LogP contribution in [-0.4, -0.2) is 16.0 Å². The molecule has 1 aliphatic rings. The molecular formula is C16H15NO3. The number of allylic oxidation sites excluding steroid dienone is 2. The summed E-state index contributed by atoms with van der Waals surface area (Å²) in [5, 5.41) is 13.6. The van der Waals surface area contributed by atoms with E-state index in [0.29, 0.717) is 12.2 Å². The van der Waals surface area contributed by atoms with Gasteiger partial charge in [0.25, 0.3) is 0 Å². The van der Waals surface area contributed by atoms with Gasteiger partial charge >= 0.3 is 0 Å². The van der Waals surface area contributed by atoms with Gasteiger partial charge in [-0.15, -0.1) is 0 Å². The van der Waals surface area contributed by atoms with Crippen LogP contribution in [-0.2, 0) is 4.79 Å². The van der Waals surface area contributed by atoms with Gasteiger partial charge in [0.2, 0.25) is 0 Å². The Kier molecular flexibility index (Phi) is 3.14. The van der Waals surface area contributed by atoms with Crippen molar-refractivity contribution in [1.29, 1.82) is 0 Å². The number of carbonyl (C=O) groups is 1. The molecular weight excluding hydrogens is 254 g/mol. The summed E-state index contributed by atoms with van der Waals surface area (Å²) in [6.07, 6.45) is 1.72. The van der Waals surface area contributed by atoms with Crippen molar-refractivity contribution in [2.75, 3.05) is 0 Å². The lowest BCUT2D eigenvalue weighted by Crippen LogP contribution is -2.23. The fourth-order valence-electron chi connectivity index (χ4n) is 2.73. The summed E-state index contributed by atoms with van der Waals surface area (Å²) in [6.45, 7) is 1.82. The molecule has 0 radical (unpaired) electrons. The summed E-state index contributed by atoms with van der Waals surface area (Å²) in [5.41, 5.74) is 1.76. The van der Waals surface area contributed by atoms with E-state index in [1.54, 1.807) is 6.07 Å². The Balaban J connectivity index is 2.05. The molecule has 0 saturated heterocycles. The van der Waals surface area contributed by atoms with Crippen LogP contribution >= 0.6 is 0 Å². The summed E-state index contributed by atoms with van der Waals surface area (Å²) in [4.78, 5) is 12.3. The predicted octanol–water partition coefficient (Wildman–Crippen LogP) is 3.27. The molecule has 0 unspecified atom stereocenters. The normalized spacial score (nSPS) is 22.6. The molecule has 102 valence electrons. The van der Waals surface area contributed by atoms with Crippen molar-refractivity contribution >= 4 is 5.78 Å². The average molecular weight is 269 g/mol. The Hall–Kier alpha value is -2.36. The lowest BCUT2D eigenvalue weighted by atomic mass is 9.76. The number of ketones is 1. The van der Waals surface area contributed by atoms with Gasteiger partial charge < -0.3 is 9.63 Å². The minimum Gasteiger partial charge on any atom is -0.512 e.